The first-order valence-corrected chi connectivity index (χ1v) is 7.41. The van der Waals surface area contributed by atoms with Gasteiger partial charge in [0.1, 0.15) is 12.4 Å². The third kappa shape index (κ3) is 7.68. The van der Waals surface area contributed by atoms with E-state index in [9.17, 15) is 4.79 Å². The number of carbonyl (C=O) groups is 1. The molecule has 1 rings (SSSR count). The maximum Gasteiger partial charge on any atom is 0.307 e. The van der Waals surface area contributed by atoms with Crippen molar-refractivity contribution in [2.24, 2.45) is 5.73 Å². The van der Waals surface area contributed by atoms with Crippen molar-refractivity contribution in [2.75, 3.05) is 39.9 Å². The maximum atomic E-state index is 11.2. The molecule has 1 aromatic carbocycles. The van der Waals surface area contributed by atoms with Crippen LogP contribution in [-0.2, 0) is 16.0 Å². The molecular formula is C16H26N2O3. The summed E-state index contributed by atoms with van der Waals surface area (Å²) in [5.41, 5.74) is 6.73. The molecule has 2 N–H and O–H groups in total. The van der Waals surface area contributed by atoms with E-state index in [-0.39, 0.29) is 5.97 Å². The van der Waals surface area contributed by atoms with Gasteiger partial charge in [-0.2, -0.15) is 0 Å². The number of esters is 1. The Bertz CT molecular complexity index is 406. The van der Waals surface area contributed by atoms with Crippen LogP contribution in [0.1, 0.15) is 18.9 Å². The monoisotopic (exact) mass is 294 g/mol. The first-order chi connectivity index (χ1) is 10.2. The summed E-state index contributed by atoms with van der Waals surface area (Å²) in [6, 6.07) is 7.99. The van der Waals surface area contributed by atoms with Gasteiger partial charge in [0.15, 0.2) is 0 Å². The number of rotatable bonds is 10. The van der Waals surface area contributed by atoms with E-state index < -0.39 is 0 Å². The molecule has 0 fully saturated rings. The van der Waals surface area contributed by atoms with Crippen molar-refractivity contribution < 1.29 is 14.3 Å². The molecule has 0 heterocycles. The second kappa shape index (κ2) is 10.2. The van der Waals surface area contributed by atoms with Crippen LogP contribution < -0.4 is 10.5 Å². The molecule has 0 aliphatic heterocycles. The van der Waals surface area contributed by atoms with Crippen LogP contribution in [0.4, 0.5) is 0 Å². The van der Waals surface area contributed by atoms with E-state index in [1.807, 2.05) is 38.2 Å². The van der Waals surface area contributed by atoms with Crippen molar-refractivity contribution in [3.05, 3.63) is 29.8 Å². The van der Waals surface area contributed by atoms with Crippen molar-refractivity contribution in [1.29, 1.82) is 0 Å². The van der Waals surface area contributed by atoms with E-state index >= 15 is 0 Å². The van der Waals surface area contributed by atoms with Gasteiger partial charge >= 0.3 is 5.97 Å². The molecule has 0 saturated carbocycles. The molecule has 0 atom stereocenters. The first-order valence-electron chi connectivity index (χ1n) is 7.41. The van der Waals surface area contributed by atoms with Crippen LogP contribution in [0.25, 0.3) is 0 Å². The van der Waals surface area contributed by atoms with Gasteiger partial charge in [0, 0.05) is 13.1 Å². The molecular weight excluding hydrogens is 268 g/mol. The molecule has 118 valence electrons. The zero-order valence-corrected chi connectivity index (χ0v) is 13.0. The van der Waals surface area contributed by atoms with Crippen molar-refractivity contribution >= 4 is 5.97 Å². The molecule has 0 radical (unpaired) electrons. The van der Waals surface area contributed by atoms with E-state index in [2.05, 4.69) is 4.90 Å². The Balaban J connectivity index is 2.18. The highest BCUT2D eigenvalue weighted by atomic mass is 16.5. The van der Waals surface area contributed by atoms with Gasteiger partial charge in [0.05, 0.1) is 13.0 Å². The number of likely N-dealkylation sites (N-methyl/N-ethyl adjacent to an activating group) is 1. The average molecular weight is 294 g/mol. The molecule has 5 nitrogen and oxygen atoms in total. The summed E-state index contributed by atoms with van der Waals surface area (Å²) in [6.07, 6.45) is 1.30. The third-order valence-corrected chi connectivity index (χ3v) is 3.10. The summed E-state index contributed by atoms with van der Waals surface area (Å²) in [4.78, 5) is 13.3. The molecule has 0 amide bonds. The van der Waals surface area contributed by atoms with Gasteiger partial charge in [-0.1, -0.05) is 12.1 Å². The quantitative estimate of drug-likeness (QED) is 0.662. The lowest BCUT2D eigenvalue weighted by Gasteiger charge is -2.16. The Kier molecular flexibility index (Phi) is 8.47. The maximum absolute atomic E-state index is 11.2. The molecule has 0 saturated heterocycles. The predicted octanol–water partition coefficient (Wildman–Crippen LogP) is 1.45. The summed E-state index contributed by atoms with van der Waals surface area (Å²) in [5, 5.41) is 0. The zero-order valence-electron chi connectivity index (χ0n) is 13.0. The number of hydrogen-bond donors (Lipinski definition) is 1. The van der Waals surface area contributed by atoms with E-state index in [1.54, 1.807) is 0 Å². The van der Waals surface area contributed by atoms with Gasteiger partial charge in [-0.3, -0.25) is 4.79 Å². The van der Waals surface area contributed by atoms with Crippen molar-refractivity contribution in [2.45, 2.75) is 19.8 Å². The largest absolute Gasteiger partial charge is 0.492 e. The lowest BCUT2D eigenvalue weighted by molar-refractivity contribution is -0.143. The van der Waals surface area contributed by atoms with Gasteiger partial charge in [-0.25, -0.2) is 0 Å². The van der Waals surface area contributed by atoms with Crippen LogP contribution in [0.3, 0.4) is 0 Å². The molecule has 0 unspecified atom stereocenters. The lowest BCUT2D eigenvalue weighted by atomic mass is 10.1. The summed E-state index contributed by atoms with van der Waals surface area (Å²) in [6.45, 7) is 4.95. The summed E-state index contributed by atoms with van der Waals surface area (Å²) >= 11 is 0. The standard InChI is InChI=1S/C16H26N2O3/c1-3-20-16(19)9-11-18(2)12-13-21-15-6-4-14(5-7-15)8-10-17/h4-7H,3,8-13,17H2,1-2H3. The SMILES string of the molecule is CCOC(=O)CCN(C)CCOc1ccc(CCN)cc1. The van der Waals surface area contributed by atoms with Crippen LogP contribution in [0.5, 0.6) is 5.75 Å². The van der Waals surface area contributed by atoms with Gasteiger partial charge in [0.2, 0.25) is 0 Å². The lowest BCUT2D eigenvalue weighted by Crippen LogP contribution is -2.27. The number of hydrogen-bond acceptors (Lipinski definition) is 5. The van der Waals surface area contributed by atoms with E-state index in [0.717, 1.165) is 18.7 Å². The summed E-state index contributed by atoms with van der Waals surface area (Å²) in [5.74, 6) is 0.704. The van der Waals surface area contributed by atoms with Crippen LogP contribution in [0.15, 0.2) is 24.3 Å². The fraction of sp³-hybridized carbons (Fsp3) is 0.562. The van der Waals surface area contributed by atoms with Crippen LogP contribution >= 0.6 is 0 Å². The van der Waals surface area contributed by atoms with E-state index in [4.69, 9.17) is 15.2 Å². The fourth-order valence-corrected chi connectivity index (χ4v) is 1.87. The summed E-state index contributed by atoms with van der Waals surface area (Å²) in [7, 11) is 1.97. The minimum absolute atomic E-state index is 0.152. The Morgan fingerprint density at radius 3 is 2.57 bits per heavy atom. The van der Waals surface area contributed by atoms with Gasteiger partial charge < -0.3 is 20.1 Å². The normalized spacial score (nSPS) is 10.7. The van der Waals surface area contributed by atoms with E-state index in [0.29, 0.717) is 32.7 Å². The second-order valence-electron chi connectivity index (χ2n) is 4.89. The highest BCUT2D eigenvalue weighted by Crippen LogP contribution is 2.12. The van der Waals surface area contributed by atoms with Gasteiger partial charge in [-0.15, -0.1) is 0 Å². The molecule has 0 aliphatic rings. The molecule has 0 spiro atoms. The zero-order chi connectivity index (χ0) is 15.5. The molecule has 0 bridgehead atoms. The molecule has 0 aromatic heterocycles. The smallest absolute Gasteiger partial charge is 0.307 e. The Labute approximate surface area is 127 Å². The molecule has 0 aliphatic carbocycles. The van der Waals surface area contributed by atoms with Crippen molar-refractivity contribution in [1.82, 2.24) is 4.90 Å². The second-order valence-corrected chi connectivity index (χ2v) is 4.89. The fourth-order valence-electron chi connectivity index (χ4n) is 1.87. The predicted molar refractivity (Wildman–Crippen MR) is 83.4 cm³/mol. The minimum Gasteiger partial charge on any atom is -0.492 e. The Morgan fingerprint density at radius 1 is 1.24 bits per heavy atom. The van der Waals surface area contributed by atoms with Crippen LogP contribution in [-0.4, -0.2) is 50.8 Å². The highest BCUT2D eigenvalue weighted by molar-refractivity contribution is 5.69. The number of ether oxygens (including phenoxy) is 2. The molecule has 21 heavy (non-hydrogen) atoms. The van der Waals surface area contributed by atoms with Crippen molar-refractivity contribution in [3.8, 4) is 5.75 Å². The van der Waals surface area contributed by atoms with Gasteiger partial charge in [-0.05, 0) is 44.6 Å². The Morgan fingerprint density at radius 2 is 1.95 bits per heavy atom. The number of nitrogens with two attached hydrogens (primary N) is 1. The number of carbonyl (C=O) groups excluding carboxylic acids is 1. The number of benzene rings is 1. The summed E-state index contributed by atoms with van der Waals surface area (Å²) < 4.78 is 10.6. The van der Waals surface area contributed by atoms with Crippen LogP contribution in [0.2, 0.25) is 0 Å². The highest BCUT2D eigenvalue weighted by Gasteiger charge is 2.05. The third-order valence-electron chi connectivity index (χ3n) is 3.10. The topological polar surface area (TPSA) is 64.8 Å². The van der Waals surface area contributed by atoms with Gasteiger partial charge in [0.25, 0.3) is 0 Å². The average Bonchev–Trinajstić information content (AvgIpc) is 2.48. The van der Waals surface area contributed by atoms with E-state index in [1.165, 1.54) is 5.56 Å². The van der Waals surface area contributed by atoms with Crippen LogP contribution in [0, 0.1) is 0 Å². The Hall–Kier alpha value is -1.59. The number of nitrogens with zero attached hydrogens (tertiary/aromatic N) is 1. The first kappa shape index (κ1) is 17.5. The molecule has 1 aromatic rings. The van der Waals surface area contributed by atoms with Crippen molar-refractivity contribution in [3.63, 3.8) is 0 Å². The minimum atomic E-state index is -0.152. The molecule has 5 heteroatoms.